The minimum absolute atomic E-state index is 0.278. The lowest BCUT2D eigenvalue weighted by Crippen LogP contribution is -2.12. The van der Waals surface area contributed by atoms with E-state index in [4.69, 9.17) is 29.5 Å². The van der Waals surface area contributed by atoms with Crippen molar-refractivity contribution in [3.8, 4) is 0 Å². The van der Waals surface area contributed by atoms with Gasteiger partial charge in [-0.05, 0) is 0 Å². The first-order valence-electron chi connectivity index (χ1n) is 2.33. The first kappa shape index (κ1) is 13.3. The third kappa shape index (κ3) is 42.0. The second-order valence-electron chi connectivity index (χ2n) is 1.40. The summed E-state index contributed by atoms with van der Waals surface area (Å²) in [5, 5.41) is 15.9. The van der Waals surface area contributed by atoms with Gasteiger partial charge >= 0.3 is 7.82 Å². The quantitative estimate of drug-likeness (QED) is 0.241. The molecule has 0 aliphatic heterocycles. The SMILES string of the molecule is O=C[C@H](O)CO.O=P(O)(O)O. The zero-order valence-corrected chi connectivity index (χ0v) is 6.26. The van der Waals surface area contributed by atoms with E-state index in [0.717, 1.165) is 0 Å². The lowest BCUT2D eigenvalue weighted by Gasteiger charge is -1.89. The Labute approximate surface area is 62.2 Å². The van der Waals surface area contributed by atoms with Crippen LogP contribution < -0.4 is 0 Å². The van der Waals surface area contributed by atoms with Crippen LogP contribution in [0.15, 0.2) is 0 Å². The Balaban J connectivity index is 0. The third-order valence-electron chi connectivity index (χ3n) is 0.344. The number of carbonyl (C=O) groups is 1. The van der Waals surface area contributed by atoms with Gasteiger partial charge in [-0.1, -0.05) is 0 Å². The number of rotatable bonds is 2. The van der Waals surface area contributed by atoms with E-state index in [0.29, 0.717) is 0 Å². The van der Waals surface area contributed by atoms with Crippen molar-refractivity contribution in [2.45, 2.75) is 6.10 Å². The fourth-order valence-corrected chi connectivity index (χ4v) is 0.0430. The van der Waals surface area contributed by atoms with Gasteiger partial charge in [0.15, 0.2) is 6.29 Å². The van der Waals surface area contributed by atoms with E-state index in [1.165, 1.54) is 0 Å². The summed E-state index contributed by atoms with van der Waals surface area (Å²) < 4.78 is 8.88. The fraction of sp³-hybridized carbons (Fsp3) is 0.667. The predicted octanol–water partition coefficient (Wildman–Crippen LogP) is -2.39. The number of hydrogen-bond donors (Lipinski definition) is 5. The summed E-state index contributed by atoms with van der Waals surface area (Å²) in [5.74, 6) is 0. The van der Waals surface area contributed by atoms with Gasteiger partial charge in [-0.3, -0.25) is 0 Å². The normalized spacial score (nSPS) is 12.8. The minimum Gasteiger partial charge on any atom is -0.393 e. The zero-order chi connectivity index (χ0) is 9.49. The fourth-order valence-electron chi connectivity index (χ4n) is 0.0430. The Morgan fingerprint density at radius 2 is 1.64 bits per heavy atom. The number of carbonyl (C=O) groups excluding carboxylic acids is 1. The molecule has 0 saturated carbocycles. The number of hydrogen-bond acceptors (Lipinski definition) is 4. The van der Waals surface area contributed by atoms with Crippen molar-refractivity contribution in [1.29, 1.82) is 0 Å². The number of phosphoric acid groups is 1. The van der Waals surface area contributed by atoms with Gasteiger partial charge in [0.25, 0.3) is 0 Å². The summed E-state index contributed by atoms with van der Waals surface area (Å²) in [5.41, 5.74) is 0. The molecule has 11 heavy (non-hydrogen) atoms. The van der Waals surface area contributed by atoms with Gasteiger partial charge in [0, 0.05) is 0 Å². The Morgan fingerprint density at radius 1 is 1.36 bits per heavy atom. The standard InChI is InChI=1S/C3H6O3.H3O4P/c4-1-3(6)2-5;1-5(2,3)4/h1,3,5-6H,2H2;(H3,1,2,3,4)/t3-;/m0./s1. The molecule has 0 aromatic carbocycles. The van der Waals surface area contributed by atoms with Crippen LogP contribution in [-0.4, -0.2) is 43.9 Å². The summed E-state index contributed by atoms with van der Waals surface area (Å²) in [6, 6.07) is 0. The van der Waals surface area contributed by atoms with Crippen LogP contribution in [0.4, 0.5) is 0 Å². The summed E-state index contributed by atoms with van der Waals surface area (Å²) in [6.45, 7) is -0.483. The van der Waals surface area contributed by atoms with Gasteiger partial charge in [0.1, 0.15) is 6.10 Å². The van der Waals surface area contributed by atoms with Crippen molar-refractivity contribution >= 4 is 14.1 Å². The summed E-state index contributed by atoms with van der Waals surface area (Å²) in [6.07, 6.45) is -0.912. The highest BCUT2D eigenvalue weighted by atomic mass is 31.2. The van der Waals surface area contributed by atoms with Crippen LogP contribution in [0.1, 0.15) is 0 Å². The highest BCUT2D eigenvalue weighted by Crippen LogP contribution is 2.25. The van der Waals surface area contributed by atoms with Crippen molar-refractivity contribution in [1.82, 2.24) is 0 Å². The summed E-state index contributed by atoms with van der Waals surface area (Å²) in [4.78, 5) is 30.9. The van der Waals surface area contributed by atoms with Crippen LogP contribution in [0.5, 0.6) is 0 Å². The smallest absolute Gasteiger partial charge is 0.393 e. The molecule has 0 spiro atoms. The average Bonchev–Trinajstić information content (AvgIpc) is 1.83. The van der Waals surface area contributed by atoms with E-state index in [1.807, 2.05) is 0 Å². The Kier molecular flexibility index (Phi) is 7.75. The molecule has 0 radical (unpaired) electrons. The molecular weight excluding hydrogens is 179 g/mol. The topological polar surface area (TPSA) is 135 Å². The maximum absolute atomic E-state index is 9.33. The van der Waals surface area contributed by atoms with Crippen molar-refractivity contribution in [3.63, 3.8) is 0 Å². The molecule has 0 aromatic rings. The van der Waals surface area contributed by atoms with Crippen LogP contribution in [0.25, 0.3) is 0 Å². The maximum Gasteiger partial charge on any atom is 0.466 e. The highest BCUT2D eigenvalue weighted by molar-refractivity contribution is 7.45. The molecule has 0 heterocycles. The van der Waals surface area contributed by atoms with E-state index in [2.05, 4.69) is 0 Å². The Bertz CT molecular complexity index is 130. The first-order chi connectivity index (χ1) is 4.81. The monoisotopic (exact) mass is 188 g/mol. The van der Waals surface area contributed by atoms with Gasteiger partial charge in [-0.2, -0.15) is 0 Å². The van der Waals surface area contributed by atoms with Crippen molar-refractivity contribution < 1.29 is 34.3 Å². The van der Waals surface area contributed by atoms with E-state index in [9.17, 15) is 4.79 Å². The molecule has 68 valence electrons. The molecule has 1 atom stereocenters. The number of aliphatic hydroxyl groups excluding tert-OH is 2. The minimum atomic E-state index is -4.64. The van der Waals surface area contributed by atoms with Gasteiger partial charge in [-0.25, -0.2) is 4.57 Å². The third-order valence-corrected chi connectivity index (χ3v) is 0.344. The van der Waals surface area contributed by atoms with Crippen LogP contribution in [-0.2, 0) is 9.36 Å². The molecule has 5 N–H and O–H groups in total. The molecule has 0 unspecified atom stereocenters. The van der Waals surface area contributed by atoms with Crippen LogP contribution in [0, 0.1) is 0 Å². The lowest BCUT2D eigenvalue weighted by molar-refractivity contribution is -0.116. The number of aliphatic hydroxyl groups is 2. The van der Waals surface area contributed by atoms with E-state index < -0.39 is 20.5 Å². The summed E-state index contributed by atoms with van der Waals surface area (Å²) in [7, 11) is -4.64. The predicted molar refractivity (Wildman–Crippen MR) is 33.4 cm³/mol. The molecule has 0 aliphatic carbocycles. The number of aldehydes is 1. The second kappa shape index (κ2) is 6.41. The van der Waals surface area contributed by atoms with E-state index in [-0.39, 0.29) is 6.29 Å². The van der Waals surface area contributed by atoms with Gasteiger partial charge in [0.05, 0.1) is 6.61 Å². The largest absolute Gasteiger partial charge is 0.466 e. The van der Waals surface area contributed by atoms with Crippen LogP contribution >= 0.6 is 7.82 Å². The van der Waals surface area contributed by atoms with E-state index >= 15 is 0 Å². The Hall–Kier alpha value is -0.300. The molecule has 7 nitrogen and oxygen atoms in total. The molecule has 0 aromatic heterocycles. The second-order valence-corrected chi connectivity index (χ2v) is 2.43. The van der Waals surface area contributed by atoms with E-state index in [1.54, 1.807) is 0 Å². The average molecular weight is 188 g/mol. The molecule has 0 amide bonds. The maximum atomic E-state index is 9.33. The van der Waals surface area contributed by atoms with Crippen LogP contribution in [0.2, 0.25) is 0 Å². The lowest BCUT2D eigenvalue weighted by atomic mass is 10.4. The van der Waals surface area contributed by atoms with Gasteiger partial charge in [-0.15, -0.1) is 0 Å². The molecule has 0 saturated heterocycles. The van der Waals surface area contributed by atoms with Gasteiger partial charge in [0.2, 0.25) is 0 Å². The first-order valence-corrected chi connectivity index (χ1v) is 3.90. The van der Waals surface area contributed by atoms with Gasteiger partial charge < -0.3 is 29.7 Å². The van der Waals surface area contributed by atoms with Crippen molar-refractivity contribution in [2.24, 2.45) is 0 Å². The zero-order valence-electron chi connectivity index (χ0n) is 5.36. The van der Waals surface area contributed by atoms with Crippen LogP contribution in [0.3, 0.4) is 0 Å². The molecular formula is C3H9O7P. The van der Waals surface area contributed by atoms with Crippen molar-refractivity contribution in [2.75, 3.05) is 6.61 Å². The van der Waals surface area contributed by atoms with Crippen molar-refractivity contribution in [3.05, 3.63) is 0 Å². The molecule has 0 fully saturated rings. The molecule has 0 aliphatic rings. The molecule has 8 heteroatoms. The summed E-state index contributed by atoms with van der Waals surface area (Å²) >= 11 is 0. The highest BCUT2D eigenvalue weighted by Gasteiger charge is 2.00. The Morgan fingerprint density at radius 3 is 1.64 bits per heavy atom. The molecule has 0 bridgehead atoms. The molecule has 0 rings (SSSR count).